The number of nitrogens with zero attached hydrogens (tertiary/aromatic N) is 3. The molecule has 3 amide bonds. The van der Waals surface area contributed by atoms with E-state index in [-0.39, 0.29) is 35.2 Å². The molecule has 3 aliphatic heterocycles. The van der Waals surface area contributed by atoms with Crippen molar-refractivity contribution in [1.82, 2.24) is 14.9 Å². The quantitative estimate of drug-likeness (QED) is 0.377. The van der Waals surface area contributed by atoms with Gasteiger partial charge in [0.1, 0.15) is 11.4 Å². The van der Waals surface area contributed by atoms with Crippen molar-refractivity contribution < 1.29 is 14.4 Å². The van der Waals surface area contributed by atoms with Gasteiger partial charge in [-0.3, -0.25) is 29.1 Å². The van der Waals surface area contributed by atoms with Gasteiger partial charge in [-0.1, -0.05) is 44.2 Å². The number of anilines is 2. The Morgan fingerprint density at radius 3 is 2.41 bits per heavy atom. The molecule has 4 aromatic rings. The predicted octanol–water partition coefficient (Wildman–Crippen LogP) is 3.72. The van der Waals surface area contributed by atoms with E-state index < -0.39 is 17.4 Å². The lowest BCUT2D eigenvalue weighted by atomic mass is 9.75. The zero-order valence-electron chi connectivity index (χ0n) is 22.9. The van der Waals surface area contributed by atoms with E-state index in [1.807, 2.05) is 36.4 Å². The van der Waals surface area contributed by atoms with E-state index in [1.54, 1.807) is 41.0 Å². The molecule has 3 aliphatic rings. The minimum absolute atomic E-state index is 0.206. The fourth-order valence-electron chi connectivity index (χ4n) is 7.08. The maximum atomic E-state index is 14.5. The van der Waals surface area contributed by atoms with Crippen LogP contribution in [0.15, 0.2) is 77.6 Å². The summed E-state index contributed by atoms with van der Waals surface area (Å²) in [6.45, 7) is 5.60. The van der Waals surface area contributed by atoms with E-state index in [9.17, 15) is 19.2 Å². The van der Waals surface area contributed by atoms with Gasteiger partial charge >= 0.3 is 0 Å². The van der Waals surface area contributed by atoms with Gasteiger partial charge in [-0.15, -0.1) is 0 Å². The lowest BCUT2D eigenvalue weighted by Gasteiger charge is -2.32. The van der Waals surface area contributed by atoms with Crippen LogP contribution in [0.1, 0.15) is 38.6 Å². The zero-order valence-corrected chi connectivity index (χ0v) is 22.9. The van der Waals surface area contributed by atoms with Crippen LogP contribution in [0, 0.1) is 17.8 Å². The van der Waals surface area contributed by atoms with Crippen LogP contribution in [0.4, 0.5) is 11.4 Å². The highest BCUT2D eigenvalue weighted by molar-refractivity contribution is 6.23. The van der Waals surface area contributed by atoms with Crippen LogP contribution in [0.2, 0.25) is 0 Å². The van der Waals surface area contributed by atoms with Gasteiger partial charge in [-0.25, -0.2) is 9.88 Å². The Morgan fingerprint density at radius 1 is 0.976 bits per heavy atom. The predicted molar refractivity (Wildman–Crippen MR) is 155 cm³/mol. The van der Waals surface area contributed by atoms with E-state index in [4.69, 9.17) is 4.98 Å². The molecular formula is C32H29N5O4. The number of amides is 3. The zero-order chi connectivity index (χ0) is 28.6. The number of hydrogen-bond acceptors (Lipinski definition) is 6. The first-order valence-corrected chi connectivity index (χ1v) is 13.9. The summed E-state index contributed by atoms with van der Waals surface area (Å²) in [6, 6.07) is 21.2. The first-order chi connectivity index (χ1) is 19.7. The number of carbonyl (C=O) groups excluding carboxylic acids is 3. The van der Waals surface area contributed by atoms with Crippen molar-refractivity contribution in [3.05, 3.63) is 94.5 Å². The second-order valence-corrected chi connectivity index (χ2v) is 11.5. The third kappa shape index (κ3) is 3.48. The first-order valence-electron chi connectivity index (χ1n) is 13.9. The van der Waals surface area contributed by atoms with Gasteiger partial charge in [0.2, 0.25) is 17.7 Å². The van der Waals surface area contributed by atoms with Crippen LogP contribution < -0.4 is 21.1 Å². The molecule has 0 saturated carbocycles. The van der Waals surface area contributed by atoms with Crippen LogP contribution in [0.3, 0.4) is 0 Å². The Morgan fingerprint density at radius 2 is 1.68 bits per heavy atom. The van der Waals surface area contributed by atoms with Gasteiger partial charge in [0.05, 0.1) is 34.1 Å². The molecule has 0 radical (unpaired) electrons. The average Bonchev–Trinajstić information content (AvgIpc) is 3.52. The fourth-order valence-corrected chi connectivity index (χ4v) is 7.08. The number of rotatable bonds is 4. The molecule has 1 spiro atoms. The maximum Gasteiger partial charge on any atom is 0.266 e. The maximum absolute atomic E-state index is 14.5. The summed E-state index contributed by atoms with van der Waals surface area (Å²) >= 11 is 0. The molecule has 0 unspecified atom stereocenters. The Kier molecular flexibility index (Phi) is 5.53. The molecule has 9 nitrogen and oxygen atoms in total. The minimum Gasteiger partial charge on any atom is -0.326 e. The molecule has 0 bridgehead atoms. The number of nitrogens with one attached hydrogen (secondary N) is 2. The van der Waals surface area contributed by atoms with Crippen molar-refractivity contribution in [3.8, 4) is 5.69 Å². The summed E-state index contributed by atoms with van der Waals surface area (Å²) in [5.74, 6) is -1.59. The molecule has 2 saturated heterocycles. The second kappa shape index (κ2) is 8.94. The Balaban J connectivity index is 1.45. The number of imide groups is 1. The van der Waals surface area contributed by atoms with Crippen molar-refractivity contribution in [1.29, 1.82) is 0 Å². The Labute approximate surface area is 236 Å². The molecule has 4 heterocycles. The highest BCUT2D eigenvalue weighted by Gasteiger charge is 2.69. The molecule has 3 aromatic carbocycles. The van der Waals surface area contributed by atoms with Crippen LogP contribution >= 0.6 is 0 Å². The molecule has 4 atom stereocenters. The molecule has 206 valence electrons. The summed E-state index contributed by atoms with van der Waals surface area (Å²) < 4.78 is 1.61. The first kappa shape index (κ1) is 25.3. The van der Waals surface area contributed by atoms with Crippen LogP contribution in [0.5, 0.6) is 0 Å². The summed E-state index contributed by atoms with van der Waals surface area (Å²) in [6.07, 6.45) is 0.664. The van der Waals surface area contributed by atoms with Crippen molar-refractivity contribution in [2.24, 2.45) is 17.8 Å². The van der Waals surface area contributed by atoms with E-state index in [0.717, 1.165) is 5.56 Å². The lowest BCUT2D eigenvalue weighted by Crippen LogP contribution is -2.50. The van der Waals surface area contributed by atoms with Gasteiger partial charge in [0.15, 0.2) is 0 Å². The minimum atomic E-state index is -1.17. The second-order valence-electron chi connectivity index (χ2n) is 11.5. The molecule has 7 rings (SSSR count). The van der Waals surface area contributed by atoms with E-state index >= 15 is 0 Å². The highest BCUT2D eigenvalue weighted by atomic mass is 16.2. The molecule has 0 aliphatic carbocycles. The smallest absolute Gasteiger partial charge is 0.266 e. The van der Waals surface area contributed by atoms with Crippen LogP contribution in [0.25, 0.3) is 16.6 Å². The lowest BCUT2D eigenvalue weighted by molar-refractivity contribution is -0.123. The van der Waals surface area contributed by atoms with Crippen LogP contribution in [-0.4, -0.2) is 33.3 Å². The third-order valence-corrected chi connectivity index (χ3v) is 8.53. The van der Waals surface area contributed by atoms with Crippen molar-refractivity contribution in [2.75, 3.05) is 10.2 Å². The standard InChI is InChI=1S/C32H29N5O4/c1-17(2)16-24-26-27(30(41)36(29(26)40)20-14-12-19(13-15-20)33-18(3)38)32(35-24)22-9-5-7-11-25(22)37-28(39)21-8-4-6-10-23(21)34-31(32)37/h4-15,17,24,26-27,35H,16H2,1-3H3,(H,33,38)/t24-,26-,27+,32+/m0/s1. The number of hydrogen-bond donors (Lipinski definition) is 2. The summed E-state index contributed by atoms with van der Waals surface area (Å²) in [4.78, 5) is 60.4. The third-order valence-electron chi connectivity index (χ3n) is 8.53. The molecule has 9 heteroatoms. The number of carbonyl (C=O) groups is 3. The fraction of sp³-hybridized carbons (Fsp3) is 0.281. The molecular weight excluding hydrogens is 518 g/mol. The summed E-state index contributed by atoms with van der Waals surface area (Å²) in [5, 5.41) is 6.94. The van der Waals surface area contributed by atoms with Gasteiger partial charge in [0.25, 0.3) is 5.56 Å². The summed E-state index contributed by atoms with van der Waals surface area (Å²) in [5.41, 5.74) is 1.63. The number of para-hydroxylation sites is 2. The largest absolute Gasteiger partial charge is 0.326 e. The van der Waals surface area contributed by atoms with Gasteiger partial charge < -0.3 is 5.32 Å². The highest BCUT2D eigenvalue weighted by Crippen LogP contribution is 2.56. The Hall–Kier alpha value is -4.63. The van der Waals surface area contributed by atoms with E-state index in [2.05, 4.69) is 24.5 Å². The van der Waals surface area contributed by atoms with E-state index in [0.29, 0.717) is 40.2 Å². The van der Waals surface area contributed by atoms with Crippen molar-refractivity contribution in [2.45, 2.75) is 38.8 Å². The van der Waals surface area contributed by atoms with Crippen molar-refractivity contribution in [3.63, 3.8) is 0 Å². The number of fused-ring (bicyclic) bond motifs is 8. The van der Waals surface area contributed by atoms with Gasteiger partial charge in [-0.2, -0.15) is 0 Å². The van der Waals surface area contributed by atoms with Crippen LogP contribution in [-0.2, 0) is 19.9 Å². The monoisotopic (exact) mass is 547 g/mol. The molecule has 41 heavy (non-hydrogen) atoms. The Bertz CT molecular complexity index is 1830. The van der Waals surface area contributed by atoms with Gasteiger partial charge in [-0.05, 0) is 54.8 Å². The normalized spacial score (nSPS) is 24.3. The molecule has 2 N–H and O–H groups in total. The van der Waals surface area contributed by atoms with Gasteiger partial charge in [0, 0.05) is 24.2 Å². The summed E-state index contributed by atoms with van der Waals surface area (Å²) in [7, 11) is 0. The SMILES string of the molecule is CC(=O)Nc1ccc(N2C(=O)[C@H]3[C@H](CC(C)C)N[C@]4(c5ccccc5-n5c4nc4ccccc4c5=O)[C@H]3C2=O)cc1. The number of benzene rings is 3. The topological polar surface area (TPSA) is 113 Å². The van der Waals surface area contributed by atoms with E-state index in [1.165, 1.54) is 11.8 Å². The molecule has 2 fully saturated rings. The number of aromatic nitrogens is 2. The molecule has 1 aromatic heterocycles. The van der Waals surface area contributed by atoms with Crippen molar-refractivity contribution >= 4 is 40.0 Å². The average molecular weight is 548 g/mol.